The van der Waals surface area contributed by atoms with E-state index in [1.807, 2.05) is 11.3 Å². The molecule has 1 fully saturated rings. The van der Waals surface area contributed by atoms with E-state index in [1.165, 1.54) is 22.8 Å². The van der Waals surface area contributed by atoms with Gasteiger partial charge >= 0.3 is 0 Å². The molecule has 0 amide bonds. The molecule has 1 aromatic rings. The largest absolute Gasteiger partial charge is 0.305 e. The molecule has 2 rings (SSSR count). The van der Waals surface area contributed by atoms with Crippen LogP contribution in [0.15, 0.2) is 17.5 Å². The third kappa shape index (κ3) is 2.82. The second-order valence-corrected chi connectivity index (χ2v) is 7.40. The zero-order valence-electron chi connectivity index (χ0n) is 10.3. The van der Waals surface area contributed by atoms with Crippen molar-refractivity contribution in [1.82, 2.24) is 5.32 Å². The first-order valence-corrected chi connectivity index (χ1v) is 8.00. The Labute approximate surface area is 107 Å². The molecule has 0 radical (unpaired) electrons. The average molecular weight is 255 g/mol. The van der Waals surface area contributed by atoms with Crippen LogP contribution < -0.4 is 5.32 Å². The summed E-state index contributed by atoms with van der Waals surface area (Å²) in [7, 11) is 0. The normalized spacial score (nSPS) is 26.6. The predicted molar refractivity (Wildman–Crippen MR) is 75.4 cm³/mol. The van der Waals surface area contributed by atoms with E-state index in [0.29, 0.717) is 17.5 Å². The van der Waals surface area contributed by atoms with Crippen LogP contribution in [-0.4, -0.2) is 17.5 Å². The van der Waals surface area contributed by atoms with Crippen molar-refractivity contribution in [2.24, 2.45) is 5.41 Å². The summed E-state index contributed by atoms with van der Waals surface area (Å²) in [6, 6.07) is 5.50. The molecule has 0 bridgehead atoms. The lowest BCUT2D eigenvalue weighted by atomic mass is 9.82. The van der Waals surface area contributed by atoms with E-state index in [0.717, 1.165) is 0 Å². The topological polar surface area (TPSA) is 12.0 Å². The molecule has 16 heavy (non-hydrogen) atoms. The summed E-state index contributed by atoms with van der Waals surface area (Å²) in [4.78, 5) is 1.45. The van der Waals surface area contributed by atoms with Crippen LogP contribution >= 0.6 is 23.1 Å². The maximum Gasteiger partial charge on any atom is 0.0388 e. The summed E-state index contributed by atoms with van der Waals surface area (Å²) in [6.07, 6.45) is 1.33. The van der Waals surface area contributed by atoms with E-state index in [1.54, 1.807) is 0 Å². The minimum atomic E-state index is 0.441. The van der Waals surface area contributed by atoms with Crippen LogP contribution in [-0.2, 0) is 0 Å². The summed E-state index contributed by atoms with van der Waals surface area (Å²) >= 11 is 3.94. The van der Waals surface area contributed by atoms with Crippen LogP contribution in [0.25, 0.3) is 0 Å². The van der Waals surface area contributed by atoms with Gasteiger partial charge in [-0.1, -0.05) is 19.9 Å². The van der Waals surface area contributed by atoms with E-state index in [-0.39, 0.29) is 0 Å². The first kappa shape index (κ1) is 12.5. The third-order valence-electron chi connectivity index (χ3n) is 3.54. The van der Waals surface area contributed by atoms with Gasteiger partial charge in [-0.2, -0.15) is 11.8 Å². The molecule has 3 heteroatoms. The van der Waals surface area contributed by atoms with Crippen molar-refractivity contribution in [2.75, 3.05) is 11.5 Å². The lowest BCUT2D eigenvalue weighted by Gasteiger charge is -2.40. The van der Waals surface area contributed by atoms with Crippen molar-refractivity contribution in [3.05, 3.63) is 22.4 Å². The number of thiophene rings is 1. The van der Waals surface area contributed by atoms with Gasteiger partial charge in [0.2, 0.25) is 0 Å². The van der Waals surface area contributed by atoms with Gasteiger partial charge in [0.15, 0.2) is 0 Å². The van der Waals surface area contributed by atoms with Gasteiger partial charge in [-0.05, 0) is 36.0 Å². The average Bonchev–Trinajstić information content (AvgIpc) is 2.74. The first-order valence-electron chi connectivity index (χ1n) is 5.97. The minimum absolute atomic E-state index is 0.441. The van der Waals surface area contributed by atoms with Gasteiger partial charge < -0.3 is 5.32 Å². The lowest BCUT2D eigenvalue weighted by Crippen LogP contribution is -2.47. The Kier molecular flexibility index (Phi) is 3.98. The van der Waals surface area contributed by atoms with E-state index in [4.69, 9.17) is 0 Å². The Morgan fingerprint density at radius 1 is 1.50 bits per heavy atom. The Hall–Kier alpha value is 0.01000. The van der Waals surface area contributed by atoms with Crippen LogP contribution in [0, 0.1) is 5.41 Å². The second kappa shape index (κ2) is 5.11. The summed E-state index contributed by atoms with van der Waals surface area (Å²) in [5, 5.41) is 5.96. The molecule has 2 atom stereocenters. The highest BCUT2D eigenvalue weighted by molar-refractivity contribution is 7.99. The maximum absolute atomic E-state index is 3.80. The summed E-state index contributed by atoms with van der Waals surface area (Å²) < 4.78 is 0. The lowest BCUT2D eigenvalue weighted by molar-refractivity contribution is 0.232. The van der Waals surface area contributed by atoms with Crippen molar-refractivity contribution in [1.29, 1.82) is 0 Å². The van der Waals surface area contributed by atoms with Crippen molar-refractivity contribution in [2.45, 2.75) is 39.3 Å². The number of nitrogens with one attached hydrogen (secondary N) is 1. The van der Waals surface area contributed by atoms with Gasteiger partial charge in [0.25, 0.3) is 0 Å². The van der Waals surface area contributed by atoms with Gasteiger partial charge in [-0.25, -0.2) is 0 Å². The summed E-state index contributed by atoms with van der Waals surface area (Å²) in [5.74, 6) is 2.57. The van der Waals surface area contributed by atoms with E-state index < -0.39 is 0 Å². The standard InChI is InChI=1S/C13H21NS2/c1-10(11-5-4-7-16-11)14-12-9-15-8-6-13(12,2)3/h4-5,7,10,12,14H,6,8-9H2,1-3H3/t10-,12?/m0/s1. The molecule has 1 aliphatic heterocycles. The highest BCUT2D eigenvalue weighted by Crippen LogP contribution is 2.35. The van der Waals surface area contributed by atoms with Gasteiger partial charge in [0, 0.05) is 22.7 Å². The Morgan fingerprint density at radius 3 is 2.94 bits per heavy atom. The molecule has 0 spiro atoms. The molecule has 1 unspecified atom stereocenters. The van der Waals surface area contributed by atoms with Crippen molar-refractivity contribution in [3.8, 4) is 0 Å². The quantitative estimate of drug-likeness (QED) is 0.878. The van der Waals surface area contributed by atoms with Crippen molar-refractivity contribution >= 4 is 23.1 Å². The van der Waals surface area contributed by atoms with E-state index in [2.05, 4.69) is 55.4 Å². The fraction of sp³-hybridized carbons (Fsp3) is 0.692. The Bertz CT molecular complexity index is 319. The fourth-order valence-electron chi connectivity index (χ4n) is 2.13. The van der Waals surface area contributed by atoms with Crippen LogP contribution in [0.4, 0.5) is 0 Å². The minimum Gasteiger partial charge on any atom is -0.305 e. The van der Waals surface area contributed by atoms with Gasteiger partial charge in [0.1, 0.15) is 0 Å². The first-order chi connectivity index (χ1) is 7.59. The van der Waals surface area contributed by atoms with Crippen molar-refractivity contribution < 1.29 is 0 Å². The van der Waals surface area contributed by atoms with Crippen LogP contribution in [0.3, 0.4) is 0 Å². The molecule has 0 aliphatic carbocycles. The van der Waals surface area contributed by atoms with Crippen LogP contribution in [0.2, 0.25) is 0 Å². The van der Waals surface area contributed by atoms with Crippen molar-refractivity contribution in [3.63, 3.8) is 0 Å². The molecule has 1 nitrogen and oxygen atoms in total. The molecule has 90 valence electrons. The van der Waals surface area contributed by atoms with Gasteiger partial charge in [0.05, 0.1) is 0 Å². The molecule has 1 aromatic heterocycles. The number of rotatable bonds is 3. The number of thioether (sulfide) groups is 1. The van der Waals surface area contributed by atoms with E-state index in [9.17, 15) is 0 Å². The fourth-order valence-corrected chi connectivity index (χ4v) is 4.50. The molecule has 0 saturated carbocycles. The van der Waals surface area contributed by atoms with E-state index >= 15 is 0 Å². The smallest absolute Gasteiger partial charge is 0.0388 e. The van der Waals surface area contributed by atoms with Gasteiger partial charge in [-0.15, -0.1) is 11.3 Å². The van der Waals surface area contributed by atoms with Gasteiger partial charge in [-0.3, -0.25) is 0 Å². The molecule has 1 saturated heterocycles. The highest BCUT2D eigenvalue weighted by atomic mass is 32.2. The maximum atomic E-state index is 3.80. The number of hydrogen-bond acceptors (Lipinski definition) is 3. The van der Waals surface area contributed by atoms with Crippen LogP contribution in [0.1, 0.15) is 38.1 Å². The summed E-state index contributed by atoms with van der Waals surface area (Å²) in [5.41, 5.74) is 0.441. The molecule has 1 N–H and O–H groups in total. The third-order valence-corrected chi connectivity index (χ3v) is 5.66. The molecular formula is C13H21NS2. The molecule has 2 heterocycles. The Balaban J connectivity index is 1.98. The zero-order valence-corrected chi connectivity index (χ0v) is 12.0. The SMILES string of the molecule is C[C@H](NC1CSCCC1(C)C)c1cccs1. The number of hydrogen-bond donors (Lipinski definition) is 1. The zero-order chi connectivity index (χ0) is 11.6. The highest BCUT2D eigenvalue weighted by Gasteiger charge is 2.33. The monoisotopic (exact) mass is 255 g/mol. The predicted octanol–water partition coefficient (Wildman–Crippen LogP) is 3.93. The van der Waals surface area contributed by atoms with Crippen LogP contribution in [0.5, 0.6) is 0 Å². The molecule has 0 aromatic carbocycles. The second-order valence-electron chi connectivity index (χ2n) is 5.27. The molecular weight excluding hydrogens is 234 g/mol. The molecule has 1 aliphatic rings. The summed E-state index contributed by atoms with van der Waals surface area (Å²) in [6.45, 7) is 7.07. The Morgan fingerprint density at radius 2 is 2.31 bits per heavy atom.